The molecule has 1 unspecified atom stereocenters. The van der Waals surface area contributed by atoms with Gasteiger partial charge >= 0.3 is 5.97 Å². The van der Waals surface area contributed by atoms with E-state index in [1.54, 1.807) is 4.90 Å². The summed E-state index contributed by atoms with van der Waals surface area (Å²) in [6.07, 6.45) is 1.90. The van der Waals surface area contributed by atoms with E-state index < -0.39 is 22.5 Å². The first-order chi connectivity index (χ1) is 24.8. The molecule has 2 aromatic carbocycles. The molecule has 1 atom stereocenters. The van der Waals surface area contributed by atoms with E-state index in [0.29, 0.717) is 42.1 Å². The molecule has 4 rings (SSSR count). The number of anilines is 1. The van der Waals surface area contributed by atoms with E-state index in [0.717, 1.165) is 17.5 Å². The van der Waals surface area contributed by atoms with Crippen LogP contribution in [-0.4, -0.2) is 75.6 Å². The number of carbonyl (C=O) groups is 4. The molecular weight excluding hydrogens is 674 g/mol. The number of nitrogens with zero attached hydrogens (tertiary/aromatic N) is 4. The van der Waals surface area contributed by atoms with Gasteiger partial charge in [0.05, 0.1) is 30.6 Å². The monoisotopic (exact) mass is 731 g/mol. The maximum atomic E-state index is 13.9. The number of nitrogens with two attached hydrogens (primary N) is 1. The molecule has 0 fully saturated rings. The predicted molar refractivity (Wildman–Crippen MR) is 204 cm³/mol. The van der Waals surface area contributed by atoms with E-state index in [1.165, 1.54) is 11.8 Å². The first-order valence-corrected chi connectivity index (χ1v) is 18.3. The molecule has 0 radical (unpaired) electrons. The summed E-state index contributed by atoms with van der Waals surface area (Å²) in [6, 6.07) is 15.0. The molecule has 13 heteroatoms. The summed E-state index contributed by atoms with van der Waals surface area (Å²) < 4.78 is 12.6. The Hall–Kier alpha value is -4.62. The predicted octanol–water partition coefficient (Wildman–Crippen LogP) is 5.15. The van der Waals surface area contributed by atoms with Gasteiger partial charge in [0.25, 0.3) is 0 Å². The topological polar surface area (TPSA) is 171 Å². The van der Waals surface area contributed by atoms with Crippen molar-refractivity contribution in [3.05, 3.63) is 54.1 Å². The van der Waals surface area contributed by atoms with Crippen LogP contribution in [0.1, 0.15) is 93.1 Å². The van der Waals surface area contributed by atoms with Crippen molar-refractivity contribution in [3.8, 4) is 22.5 Å². The minimum absolute atomic E-state index is 0.0152. The second-order valence-electron chi connectivity index (χ2n) is 16.2. The summed E-state index contributed by atoms with van der Waals surface area (Å²) in [7, 11) is 1.32. The van der Waals surface area contributed by atoms with Gasteiger partial charge < -0.3 is 30.7 Å². The quantitative estimate of drug-likeness (QED) is 0.169. The van der Waals surface area contributed by atoms with Crippen molar-refractivity contribution >= 4 is 29.4 Å². The average molecular weight is 732 g/mol. The molecule has 1 aliphatic rings. The molecule has 53 heavy (non-hydrogen) atoms. The van der Waals surface area contributed by atoms with Crippen LogP contribution >= 0.6 is 0 Å². The van der Waals surface area contributed by atoms with Crippen molar-refractivity contribution in [2.45, 2.75) is 117 Å². The third kappa shape index (κ3) is 10.7. The number of amides is 3. The zero-order valence-corrected chi connectivity index (χ0v) is 32.8. The fourth-order valence-electron chi connectivity index (χ4n) is 6.49. The highest BCUT2D eigenvalue weighted by Gasteiger charge is 2.36. The molecule has 2 heterocycles. The van der Waals surface area contributed by atoms with Gasteiger partial charge in [-0.3, -0.25) is 19.2 Å². The number of carbonyl (C=O) groups excluding carboxylic acids is 4. The molecule has 1 aromatic heterocycles. The van der Waals surface area contributed by atoms with Gasteiger partial charge in [0.15, 0.2) is 0 Å². The molecule has 13 nitrogen and oxygen atoms in total. The van der Waals surface area contributed by atoms with E-state index in [-0.39, 0.29) is 55.7 Å². The summed E-state index contributed by atoms with van der Waals surface area (Å²) in [5.74, 6) is -1.02. The number of para-hydroxylation sites is 1. The summed E-state index contributed by atoms with van der Waals surface area (Å²) >= 11 is 0. The van der Waals surface area contributed by atoms with Crippen molar-refractivity contribution in [3.63, 3.8) is 0 Å². The number of methoxy groups -OCH3 is 1. The third-order valence-electron chi connectivity index (χ3n) is 9.81. The van der Waals surface area contributed by atoms with Crippen molar-refractivity contribution in [2.75, 3.05) is 25.2 Å². The average Bonchev–Trinajstić information content (AvgIpc) is 3.49. The Bertz CT molecular complexity index is 1790. The second kappa shape index (κ2) is 16.6. The Balaban J connectivity index is 1.36. The highest BCUT2D eigenvalue weighted by atomic mass is 16.5. The van der Waals surface area contributed by atoms with Crippen molar-refractivity contribution in [1.82, 2.24) is 25.6 Å². The van der Waals surface area contributed by atoms with Gasteiger partial charge in [-0.1, -0.05) is 68.4 Å². The number of esters is 1. The minimum Gasteiger partial charge on any atom is -0.468 e. The van der Waals surface area contributed by atoms with Gasteiger partial charge in [0, 0.05) is 53.6 Å². The highest BCUT2D eigenvalue weighted by Crippen LogP contribution is 2.41. The van der Waals surface area contributed by atoms with E-state index in [4.69, 9.17) is 15.2 Å². The van der Waals surface area contributed by atoms with Gasteiger partial charge in [-0.15, -0.1) is 5.10 Å². The smallest absolute Gasteiger partial charge is 0.327 e. The first kappa shape index (κ1) is 41.1. The van der Waals surface area contributed by atoms with Crippen LogP contribution < -0.4 is 21.3 Å². The van der Waals surface area contributed by atoms with E-state index >= 15 is 0 Å². The molecule has 0 saturated carbocycles. The lowest BCUT2D eigenvalue weighted by molar-refractivity contribution is -0.141. The largest absolute Gasteiger partial charge is 0.468 e. The number of ether oxygens (including phenoxy) is 2. The molecule has 0 saturated heterocycles. The molecule has 3 aromatic rings. The zero-order valence-electron chi connectivity index (χ0n) is 32.8. The van der Waals surface area contributed by atoms with Crippen LogP contribution in [0.5, 0.6) is 0 Å². The van der Waals surface area contributed by atoms with Crippen LogP contribution in [0.25, 0.3) is 22.5 Å². The number of nitrogens with one attached hydrogen (secondary N) is 2. The Morgan fingerprint density at radius 3 is 2.26 bits per heavy atom. The van der Waals surface area contributed by atoms with E-state index in [1.807, 2.05) is 104 Å². The summed E-state index contributed by atoms with van der Waals surface area (Å²) in [4.78, 5) is 54.0. The molecule has 0 aliphatic carbocycles. The lowest BCUT2D eigenvalue weighted by atomic mass is 9.82. The highest BCUT2D eigenvalue weighted by molar-refractivity contribution is 6.01. The second-order valence-corrected chi connectivity index (χ2v) is 16.2. The summed E-state index contributed by atoms with van der Waals surface area (Å²) in [5, 5.41) is 14.8. The minimum atomic E-state index is -0.706. The lowest BCUT2D eigenvalue weighted by Crippen LogP contribution is -2.54. The van der Waals surface area contributed by atoms with E-state index in [9.17, 15) is 19.2 Å². The SMILES string of the molecule is CCC(C)(N)CC(C)(C)NC(=O)C(C)(C)CCOC(C)(C)CNC(=O)CCC(=O)N1Cc2ccccc2-c2c(nnn2CC(=O)OC)-c2ccccc21. The molecular formula is C40H57N7O6. The number of hydrogen-bond donors (Lipinski definition) is 3. The van der Waals surface area contributed by atoms with Gasteiger partial charge in [0.2, 0.25) is 17.7 Å². The van der Waals surface area contributed by atoms with Crippen LogP contribution in [0.15, 0.2) is 48.5 Å². The molecule has 1 aliphatic heterocycles. The van der Waals surface area contributed by atoms with Crippen molar-refractivity contribution in [2.24, 2.45) is 11.1 Å². The Labute approximate surface area is 313 Å². The van der Waals surface area contributed by atoms with Crippen LogP contribution in [0.4, 0.5) is 5.69 Å². The van der Waals surface area contributed by atoms with Gasteiger partial charge in [-0.2, -0.15) is 0 Å². The van der Waals surface area contributed by atoms with Crippen molar-refractivity contribution < 1.29 is 28.7 Å². The third-order valence-corrected chi connectivity index (χ3v) is 9.81. The van der Waals surface area contributed by atoms with Gasteiger partial charge in [-0.05, 0) is 65.5 Å². The van der Waals surface area contributed by atoms with Crippen LogP contribution in [0.3, 0.4) is 0 Å². The summed E-state index contributed by atoms with van der Waals surface area (Å²) in [6.45, 7) is 16.2. The normalized spacial score (nSPS) is 14.1. The maximum Gasteiger partial charge on any atom is 0.327 e. The standard InChI is InChI=1S/C40H57N7O6/c1-10-40(8,41)25-38(4,5)43-36(51)37(2,3)21-22-53-39(6,7)26-42-31(48)19-20-32(49)46-23-27-15-11-12-16-28(27)35-34(29-17-13-14-18-30(29)46)44-45-47(35)24-33(50)52-9/h11-18H,10,19-26,41H2,1-9H3,(H,42,48)(H,43,51). The molecule has 4 N–H and O–H groups in total. The fraction of sp³-hybridized carbons (Fsp3) is 0.550. The number of benzene rings is 2. The van der Waals surface area contributed by atoms with Crippen molar-refractivity contribution in [1.29, 1.82) is 0 Å². The maximum absolute atomic E-state index is 13.9. The lowest BCUT2D eigenvalue weighted by Gasteiger charge is -2.37. The molecule has 0 spiro atoms. The Morgan fingerprint density at radius 2 is 1.58 bits per heavy atom. The molecule has 0 bridgehead atoms. The van der Waals surface area contributed by atoms with Crippen LogP contribution in [0.2, 0.25) is 0 Å². The number of aromatic nitrogens is 3. The number of fused-ring (bicyclic) bond motifs is 5. The van der Waals surface area contributed by atoms with Gasteiger partial charge in [0.1, 0.15) is 12.2 Å². The Morgan fingerprint density at radius 1 is 0.925 bits per heavy atom. The Kier molecular flexibility index (Phi) is 12.9. The number of rotatable bonds is 16. The first-order valence-electron chi connectivity index (χ1n) is 18.3. The van der Waals surface area contributed by atoms with Crippen LogP contribution in [0, 0.1) is 5.41 Å². The molecule has 288 valence electrons. The summed E-state index contributed by atoms with van der Waals surface area (Å²) in [5.41, 5.74) is 8.29. The van der Waals surface area contributed by atoms with E-state index in [2.05, 4.69) is 20.9 Å². The zero-order chi connectivity index (χ0) is 39.2. The molecule has 3 amide bonds. The number of hydrogen-bond acceptors (Lipinski definition) is 9. The van der Waals surface area contributed by atoms with Gasteiger partial charge in [-0.25, -0.2) is 4.68 Å². The fourth-order valence-corrected chi connectivity index (χ4v) is 6.49. The van der Waals surface area contributed by atoms with Crippen LogP contribution in [-0.2, 0) is 41.7 Å².